The predicted octanol–water partition coefficient (Wildman–Crippen LogP) is 1.65. The number of hydrogen-bond acceptors (Lipinski definition) is 4. The highest BCUT2D eigenvalue weighted by Crippen LogP contribution is 2.31. The van der Waals surface area contributed by atoms with Crippen LogP contribution in [-0.4, -0.2) is 39.5 Å². The highest BCUT2D eigenvalue weighted by atomic mass is 32.2. The van der Waals surface area contributed by atoms with Crippen molar-refractivity contribution in [3.05, 3.63) is 24.3 Å². The van der Waals surface area contributed by atoms with Crippen LogP contribution in [0.1, 0.15) is 26.7 Å². The molecular formula is C13H19NO4S2. The predicted molar refractivity (Wildman–Crippen MR) is 76.8 cm³/mol. The van der Waals surface area contributed by atoms with Gasteiger partial charge in [-0.2, -0.15) is 4.31 Å². The molecule has 20 heavy (non-hydrogen) atoms. The summed E-state index contributed by atoms with van der Waals surface area (Å²) in [5.41, 5.74) is 0. The zero-order valence-corrected chi connectivity index (χ0v) is 13.2. The lowest BCUT2D eigenvalue weighted by Gasteiger charge is -2.20. The maximum absolute atomic E-state index is 12.5. The molecule has 0 N–H and O–H groups in total. The molecule has 1 fully saturated rings. The molecular weight excluding hydrogens is 298 g/mol. The van der Waals surface area contributed by atoms with Gasteiger partial charge >= 0.3 is 0 Å². The molecule has 7 heteroatoms. The fourth-order valence-electron chi connectivity index (χ4n) is 2.11. The van der Waals surface area contributed by atoms with Crippen molar-refractivity contribution < 1.29 is 16.8 Å². The van der Waals surface area contributed by atoms with Crippen LogP contribution in [0.5, 0.6) is 0 Å². The van der Waals surface area contributed by atoms with Crippen molar-refractivity contribution in [2.24, 2.45) is 0 Å². The molecule has 0 heterocycles. The van der Waals surface area contributed by atoms with Crippen LogP contribution in [0, 0.1) is 0 Å². The lowest BCUT2D eigenvalue weighted by Crippen LogP contribution is -2.32. The van der Waals surface area contributed by atoms with Crippen LogP contribution in [0.2, 0.25) is 0 Å². The van der Waals surface area contributed by atoms with E-state index in [1.54, 1.807) is 6.92 Å². The maximum Gasteiger partial charge on any atom is 0.243 e. The normalized spacial score (nSPS) is 16.6. The highest BCUT2D eigenvalue weighted by Gasteiger charge is 2.36. The van der Waals surface area contributed by atoms with Crippen molar-refractivity contribution in [3.8, 4) is 0 Å². The van der Waals surface area contributed by atoms with Crippen LogP contribution >= 0.6 is 0 Å². The lowest BCUT2D eigenvalue weighted by molar-refractivity contribution is 0.421. The highest BCUT2D eigenvalue weighted by molar-refractivity contribution is 7.91. The fraction of sp³-hybridized carbons (Fsp3) is 0.538. The van der Waals surface area contributed by atoms with Crippen LogP contribution in [-0.2, 0) is 19.9 Å². The van der Waals surface area contributed by atoms with Gasteiger partial charge in [0.15, 0.2) is 9.84 Å². The zero-order chi connectivity index (χ0) is 15.0. The molecule has 1 aromatic rings. The first-order valence-corrected chi connectivity index (χ1v) is 9.76. The Kier molecular flexibility index (Phi) is 4.22. The standard InChI is InChI=1S/C13H19NO4S2/c1-3-14(11-5-6-11)20(17,18)13-9-7-12(8-10-13)19(15,16)4-2/h7-11H,3-6H2,1-2H3. The number of sulfonamides is 1. The molecule has 1 aromatic carbocycles. The molecule has 0 bridgehead atoms. The summed E-state index contributed by atoms with van der Waals surface area (Å²) >= 11 is 0. The largest absolute Gasteiger partial charge is 0.243 e. The van der Waals surface area contributed by atoms with E-state index in [0.29, 0.717) is 6.54 Å². The summed E-state index contributed by atoms with van der Waals surface area (Å²) in [6, 6.07) is 5.59. The van der Waals surface area contributed by atoms with E-state index in [4.69, 9.17) is 0 Å². The fourth-order valence-corrected chi connectivity index (χ4v) is 4.69. The Morgan fingerprint density at radius 1 is 1.00 bits per heavy atom. The molecule has 0 aromatic heterocycles. The summed E-state index contributed by atoms with van der Waals surface area (Å²) < 4.78 is 49.8. The van der Waals surface area contributed by atoms with Gasteiger partial charge in [0.1, 0.15) is 0 Å². The second-order valence-corrected chi connectivity index (χ2v) is 8.98. The van der Waals surface area contributed by atoms with E-state index in [0.717, 1.165) is 12.8 Å². The molecule has 1 aliphatic carbocycles. The van der Waals surface area contributed by atoms with E-state index in [1.807, 2.05) is 6.92 Å². The third-order valence-corrected chi connectivity index (χ3v) is 7.23. The minimum Gasteiger partial charge on any atom is -0.224 e. The first-order valence-electron chi connectivity index (χ1n) is 6.67. The van der Waals surface area contributed by atoms with Crippen LogP contribution in [0.3, 0.4) is 0 Å². The second kappa shape index (κ2) is 5.46. The van der Waals surface area contributed by atoms with Gasteiger partial charge in [0.05, 0.1) is 15.5 Å². The van der Waals surface area contributed by atoms with Crippen molar-refractivity contribution in [3.63, 3.8) is 0 Å². The molecule has 0 amide bonds. The maximum atomic E-state index is 12.5. The molecule has 2 rings (SSSR count). The molecule has 0 saturated heterocycles. The molecule has 0 atom stereocenters. The number of rotatable bonds is 6. The summed E-state index contributed by atoms with van der Waals surface area (Å²) in [5.74, 6) is 0.00224. The van der Waals surface area contributed by atoms with Crippen molar-refractivity contribution in [1.82, 2.24) is 4.31 Å². The number of benzene rings is 1. The van der Waals surface area contributed by atoms with E-state index in [1.165, 1.54) is 28.6 Å². The molecule has 0 spiro atoms. The van der Waals surface area contributed by atoms with Gasteiger partial charge in [-0.25, -0.2) is 16.8 Å². The van der Waals surface area contributed by atoms with Crippen LogP contribution < -0.4 is 0 Å². The average Bonchev–Trinajstić information content (AvgIpc) is 3.24. The van der Waals surface area contributed by atoms with Crippen molar-refractivity contribution in [2.45, 2.75) is 42.5 Å². The van der Waals surface area contributed by atoms with Gasteiger partial charge in [0, 0.05) is 12.6 Å². The Balaban J connectivity index is 2.34. The van der Waals surface area contributed by atoms with Gasteiger partial charge < -0.3 is 0 Å². The molecule has 0 aliphatic heterocycles. The smallest absolute Gasteiger partial charge is 0.224 e. The molecule has 0 radical (unpaired) electrons. The van der Waals surface area contributed by atoms with E-state index < -0.39 is 19.9 Å². The van der Waals surface area contributed by atoms with Crippen LogP contribution in [0.25, 0.3) is 0 Å². The van der Waals surface area contributed by atoms with Gasteiger partial charge in [-0.05, 0) is 37.1 Å². The summed E-state index contributed by atoms with van der Waals surface area (Å²) in [5, 5.41) is 0. The van der Waals surface area contributed by atoms with Crippen molar-refractivity contribution in [1.29, 1.82) is 0 Å². The Morgan fingerprint density at radius 2 is 1.50 bits per heavy atom. The van der Waals surface area contributed by atoms with E-state index in [2.05, 4.69) is 0 Å². The number of nitrogens with zero attached hydrogens (tertiary/aromatic N) is 1. The van der Waals surface area contributed by atoms with Crippen LogP contribution in [0.4, 0.5) is 0 Å². The molecule has 1 aliphatic rings. The zero-order valence-electron chi connectivity index (χ0n) is 11.6. The van der Waals surface area contributed by atoms with Gasteiger partial charge in [0.2, 0.25) is 10.0 Å². The van der Waals surface area contributed by atoms with Crippen molar-refractivity contribution >= 4 is 19.9 Å². The molecule has 1 saturated carbocycles. The van der Waals surface area contributed by atoms with Crippen molar-refractivity contribution in [2.75, 3.05) is 12.3 Å². The molecule has 5 nitrogen and oxygen atoms in total. The summed E-state index contributed by atoms with van der Waals surface area (Å²) in [4.78, 5) is 0.315. The topological polar surface area (TPSA) is 71.5 Å². The first-order chi connectivity index (χ1) is 9.32. The molecule has 112 valence electrons. The third kappa shape index (κ3) is 2.89. The van der Waals surface area contributed by atoms with Gasteiger partial charge in [0.25, 0.3) is 0 Å². The van der Waals surface area contributed by atoms with Gasteiger partial charge in [-0.15, -0.1) is 0 Å². The quantitative estimate of drug-likeness (QED) is 0.800. The molecule has 0 unspecified atom stereocenters. The SMILES string of the molecule is CCN(C1CC1)S(=O)(=O)c1ccc(S(=O)(=O)CC)cc1. The summed E-state index contributed by atoms with van der Waals surface area (Å²) in [6.45, 7) is 3.81. The van der Waals surface area contributed by atoms with E-state index in [9.17, 15) is 16.8 Å². The number of hydrogen-bond donors (Lipinski definition) is 0. The Morgan fingerprint density at radius 3 is 1.90 bits per heavy atom. The Labute approximate surface area is 120 Å². The minimum absolute atomic E-state index is 0.00224. The second-order valence-electron chi connectivity index (χ2n) is 4.81. The van der Waals surface area contributed by atoms with E-state index >= 15 is 0 Å². The van der Waals surface area contributed by atoms with E-state index in [-0.39, 0.29) is 21.6 Å². The summed E-state index contributed by atoms with van der Waals surface area (Å²) in [7, 11) is -6.82. The van der Waals surface area contributed by atoms with Gasteiger partial charge in [-0.1, -0.05) is 13.8 Å². The van der Waals surface area contributed by atoms with Crippen LogP contribution in [0.15, 0.2) is 34.1 Å². The first kappa shape index (κ1) is 15.5. The number of sulfone groups is 1. The monoisotopic (exact) mass is 317 g/mol. The Bertz CT molecular complexity index is 674. The lowest BCUT2D eigenvalue weighted by atomic mass is 10.4. The van der Waals surface area contributed by atoms with Gasteiger partial charge in [-0.3, -0.25) is 0 Å². The summed E-state index contributed by atoms with van der Waals surface area (Å²) in [6.07, 6.45) is 1.80. The minimum atomic E-state index is -3.52. The third-order valence-electron chi connectivity index (χ3n) is 3.44. The Hall–Kier alpha value is -0.920. The average molecular weight is 317 g/mol.